The lowest BCUT2D eigenvalue weighted by molar-refractivity contribution is -0.144. The van der Waals surface area contributed by atoms with Crippen molar-refractivity contribution in [3.8, 4) is 0 Å². The predicted octanol–water partition coefficient (Wildman–Crippen LogP) is 3.13. The first kappa shape index (κ1) is 16.5. The Bertz CT molecular complexity index is 510. The van der Waals surface area contributed by atoms with Crippen LogP contribution in [0.3, 0.4) is 0 Å². The molecule has 0 aliphatic rings. The van der Waals surface area contributed by atoms with Gasteiger partial charge in [-0.2, -0.15) is 0 Å². The maximum atomic E-state index is 12.3. The standard InChI is InChI=1S/C15H20ClNO3/c1-5-15(4,14(19)20)17(12(18)9-16)13-10(2)7-6-8-11(13)3/h6-8H,5,9H2,1-4H3,(H,19,20). The third kappa shape index (κ3) is 2.80. The molecule has 0 aromatic heterocycles. The number of alkyl halides is 1. The van der Waals surface area contributed by atoms with Gasteiger partial charge in [-0.3, -0.25) is 9.69 Å². The Kier molecular flexibility index (Phi) is 5.17. The maximum absolute atomic E-state index is 12.3. The van der Waals surface area contributed by atoms with Crippen LogP contribution in [0.4, 0.5) is 5.69 Å². The zero-order valence-electron chi connectivity index (χ0n) is 12.2. The summed E-state index contributed by atoms with van der Waals surface area (Å²) in [6, 6.07) is 5.59. The Balaban J connectivity index is 3.56. The van der Waals surface area contributed by atoms with Gasteiger partial charge in [0.25, 0.3) is 0 Å². The molecule has 1 aromatic rings. The highest BCUT2D eigenvalue weighted by Crippen LogP contribution is 2.33. The number of aryl methyl sites for hydroxylation is 2. The van der Waals surface area contributed by atoms with Gasteiger partial charge in [-0.05, 0) is 38.3 Å². The third-order valence-corrected chi connectivity index (χ3v) is 3.90. The fraction of sp³-hybridized carbons (Fsp3) is 0.467. The molecule has 1 atom stereocenters. The molecular weight excluding hydrogens is 278 g/mol. The van der Waals surface area contributed by atoms with Gasteiger partial charge in [-0.15, -0.1) is 11.6 Å². The first-order chi connectivity index (χ1) is 9.29. The van der Waals surface area contributed by atoms with Gasteiger partial charge < -0.3 is 5.11 Å². The van der Waals surface area contributed by atoms with E-state index in [-0.39, 0.29) is 5.88 Å². The summed E-state index contributed by atoms with van der Waals surface area (Å²) < 4.78 is 0. The van der Waals surface area contributed by atoms with E-state index in [0.29, 0.717) is 12.1 Å². The van der Waals surface area contributed by atoms with Gasteiger partial charge in [0.2, 0.25) is 5.91 Å². The van der Waals surface area contributed by atoms with Gasteiger partial charge in [-0.25, -0.2) is 4.79 Å². The summed E-state index contributed by atoms with van der Waals surface area (Å²) in [7, 11) is 0. The zero-order valence-corrected chi connectivity index (χ0v) is 13.0. The predicted molar refractivity (Wildman–Crippen MR) is 80.5 cm³/mol. The lowest BCUT2D eigenvalue weighted by atomic mass is 9.93. The van der Waals surface area contributed by atoms with Crippen LogP contribution in [0, 0.1) is 13.8 Å². The molecule has 0 aliphatic carbocycles. The highest BCUT2D eigenvalue weighted by molar-refractivity contribution is 6.30. The third-order valence-electron chi connectivity index (χ3n) is 3.67. The van der Waals surface area contributed by atoms with Gasteiger partial charge in [0, 0.05) is 0 Å². The number of para-hydroxylation sites is 1. The largest absolute Gasteiger partial charge is 0.479 e. The van der Waals surface area contributed by atoms with Crippen LogP contribution in [0.25, 0.3) is 0 Å². The SMILES string of the molecule is CCC(C)(C(=O)O)N(C(=O)CCl)c1c(C)cccc1C. The molecule has 0 aliphatic heterocycles. The Hall–Kier alpha value is -1.55. The van der Waals surface area contributed by atoms with E-state index in [4.69, 9.17) is 11.6 Å². The van der Waals surface area contributed by atoms with Crippen LogP contribution in [-0.4, -0.2) is 28.4 Å². The molecule has 0 bridgehead atoms. The molecule has 1 N–H and O–H groups in total. The first-order valence-corrected chi connectivity index (χ1v) is 7.01. The number of halogens is 1. The molecule has 110 valence electrons. The van der Waals surface area contributed by atoms with E-state index in [1.165, 1.54) is 4.90 Å². The smallest absolute Gasteiger partial charge is 0.329 e. The van der Waals surface area contributed by atoms with Crippen LogP contribution in [0.15, 0.2) is 18.2 Å². The van der Waals surface area contributed by atoms with Crippen molar-refractivity contribution < 1.29 is 14.7 Å². The quantitative estimate of drug-likeness (QED) is 0.850. The van der Waals surface area contributed by atoms with Crippen LogP contribution in [0.2, 0.25) is 0 Å². The Morgan fingerprint density at radius 3 is 2.15 bits per heavy atom. The number of nitrogens with zero attached hydrogens (tertiary/aromatic N) is 1. The number of hydrogen-bond donors (Lipinski definition) is 1. The number of amides is 1. The monoisotopic (exact) mass is 297 g/mol. The van der Waals surface area contributed by atoms with E-state index in [0.717, 1.165) is 11.1 Å². The molecule has 0 saturated carbocycles. The topological polar surface area (TPSA) is 57.6 Å². The maximum Gasteiger partial charge on any atom is 0.329 e. The lowest BCUT2D eigenvalue weighted by Gasteiger charge is -2.38. The summed E-state index contributed by atoms with van der Waals surface area (Å²) in [5, 5.41) is 9.55. The molecule has 0 heterocycles. The molecule has 0 radical (unpaired) electrons. The molecular formula is C15H20ClNO3. The van der Waals surface area contributed by atoms with Crippen molar-refractivity contribution in [2.45, 2.75) is 39.7 Å². The van der Waals surface area contributed by atoms with Crippen molar-refractivity contribution >= 4 is 29.2 Å². The minimum absolute atomic E-state index is 0.253. The molecule has 0 spiro atoms. The van der Waals surface area contributed by atoms with Gasteiger partial charge >= 0.3 is 5.97 Å². The molecule has 5 heteroatoms. The first-order valence-electron chi connectivity index (χ1n) is 6.48. The van der Waals surface area contributed by atoms with E-state index in [2.05, 4.69) is 0 Å². The number of carboxylic acid groups (broad SMARTS) is 1. The van der Waals surface area contributed by atoms with E-state index in [1.807, 2.05) is 32.0 Å². The number of anilines is 1. The summed E-state index contributed by atoms with van der Waals surface area (Å²) in [5.41, 5.74) is 1.02. The number of carbonyl (C=O) groups excluding carboxylic acids is 1. The van der Waals surface area contributed by atoms with E-state index >= 15 is 0 Å². The molecule has 1 amide bonds. The number of benzene rings is 1. The van der Waals surface area contributed by atoms with Gasteiger partial charge in [0.05, 0.1) is 5.69 Å². The van der Waals surface area contributed by atoms with Gasteiger partial charge in [0.15, 0.2) is 0 Å². The number of hydrogen-bond acceptors (Lipinski definition) is 2. The van der Waals surface area contributed by atoms with Crippen molar-refractivity contribution in [3.63, 3.8) is 0 Å². The Morgan fingerprint density at radius 2 is 1.80 bits per heavy atom. The highest BCUT2D eigenvalue weighted by atomic mass is 35.5. The number of aliphatic carboxylic acids is 1. The Labute approximate surface area is 124 Å². The van der Waals surface area contributed by atoms with Crippen LogP contribution in [0.1, 0.15) is 31.4 Å². The van der Waals surface area contributed by atoms with Gasteiger partial charge in [0.1, 0.15) is 11.4 Å². The molecule has 0 saturated heterocycles. The zero-order chi connectivity index (χ0) is 15.5. The van der Waals surface area contributed by atoms with Crippen molar-refractivity contribution in [3.05, 3.63) is 29.3 Å². The number of rotatable bonds is 5. The van der Waals surface area contributed by atoms with Crippen molar-refractivity contribution in [1.29, 1.82) is 0 Å². The fourth-order valence-corrected chi connectivity index (χ4v) is 2.39. The second-order valence-electron chi connectivity index (χ2n) is 5.04. The van der Waals surface area contributed by atoms with Crippen molar-refractivity contribution in [2.24, 2.45) is 0 Å². The number of carbonyl (C=O) groups is 2. The fourth-order valence-electron chi connectivity index (χ4n) is 2.27. The average molecular weight is 298 g/mol. The average Bonchev–Trinajstić information content (AvgIpc) is 2.41. The van der Waals surface area contributed by atoms with E-state index in [9.17, 15) is 14.7 Å². The van der Waals surface area contributed by atoms with Crippen molar-refractivity contribution in [1.82, 2.24) is 0 Å². The minimum Gasteiger partial charge on any atom is -0.479 e. The summed E-state index contributed by atoms with van der Waals surface area (Å²) in [5.74, 6) is -1.70. The Morgan fingerprint density at radius 1 is 1.30 bits per heavy atom. The van der Waals surface area contributed by atoms with E-state index < -0.39 is 17.4 Å². The summed E-state index contributed by atoms with van der Waals surface area (Å²) in [6.45, 7) is 7.01. The van der Waals surface area contributed by atoms with Crippen LogP contribution < -0.4 is 4.90 Å². The number of carboxylic acids is 1. The van der Waals surface area contributed by atoms with Crippen LogP contribution in [0.5, 0.6) is 0 Å². The summed E-state index contributed by atoms with van der Waals surface area (Å²) >= 11 is 5.68. The molecule has 1 aromatic carbocycles. The second-order valence-corrected chi connectivity index (χ2v) is 5.30. The second kappa shape index (κ2) is 6.27. The molecule has 4 nitrogen and oxygen atoms in total. The van der Waals surface area contributed by atoms with Crippen LogP contribution >= 0.6 is 11.6 Å². The van der Waals surface area contributed by atoms with Crippen LogP contribution in [-0.2, 0) is 9.59 Å². The molecule has 0 fully saturated rings. The van der Waals surface area contributed by atoms with Gasteiger partial charge in [-0.1, -0.05) is 25.1 Å². The van der Waals surface area contributed by atoms with Crippen molar-refractivity contribution in [2.75, 3.05) is 10.8 Å². The minimum atomic E-state index is -1.32. The summed E-state index contributed by atoms with van der Waals surface area (Å²) in [4.78, 5) is 25.3. The molecule has 20 heavy (non-hydrogen) atoms. The molecule has 1 unspecified atom stereocenters. The van der Waals surface area contributed by atoms with E-state index in [1.54, 1.807) is 13.8 Å². The normalized spacial score (nSPS) is 13.7. The lowest BCUT2D eigenvalue weighted by Crippen LogP contribution is -2.56. The highest BCUT2D eigenvalue weighted by Gasteiger charge is 2.42. The summed E-state index contributed by atoms with van der Waals surface area (Å²) in [6.07, 6.45) is 0.290. The molecule has 1 rings (SSSR count).